The van der Waals surface area contributed by atoms with E-state index in [1.54, 1.807) is 0 Å². The van der Waals surface area contributed by atoms with Gasteiger partial charge in [0.2, 0.25) is 0 Å². The number of carboxylic acids is 1. The highest BCUT2D eigenvalue weighted by atomic mass is 16.4. The first kappa shape index (κ1) is 8.83. The molecule has 0 aliphatic rings. The van der Waals surface area contributed by atoms with E-state index in [1.807, 2.05) is 0 Å². The quantitative estimate of drug-likeness (QED) is 0.425. The van der Waals surface area contributed by atoms with Crippen molar-refractivity contribution in [1.29, 1.82) is 0 Å². The smallest absolute Gasteiger partial charge is 0.300 e. The van der Waals surface area contributed by atoms with Crippen LogP contribution in [0.4, 0.5) is 0 Å². The van der Waals surface area contributed by atoms with Crippen LogP contribution in [0.2, 0.25) is 0 Å². The van der Waals surface area contributed by atoms with E-state index in [1.165, 1.54) is 0 Å². The van der Waals surface area contributed by atoms with E-state index in [4.69, 9.17) is 9.90 Å². The number of carbonyl (C=O) groups is 1. The van der Waals surface area contributed by atoms with E-state index >= 15 is 0 Å². The molecule has 5 heavy (non-hydrogen) atoms. The van der Waals surface area contributed by atoms with Gasteiger partial charge < -0.3 is 5.11 Å². The third kappa shape index (κ3) is 21.6. The number of nitrogens with zero attached hydrogens (tertiary/aromatic N) is 1. The first-order chi connectivity index (χ1) is 1.73. The highest BCUT2D eigenvalue weighted by Crippen LogP contribution is 1.42. The summed E-state index contributed by atoms with van der Waals surface area (Å²) in [6.45, 7) is 1.08. The zero-order chi connectivity index (χ0) is 3.58. The minimum atomic E-state index is -0.833. The largest absolute Gasteiger partial charge is 0.481 e. The lowest BCUT2D eigenvalue weighted by Gasteiger charge is -1.59. The van der Waals surface area contributed by atoms with Gasteiger partial charge in [-0.05, 0) is 0 Å². The molecular weight excluding hydrogens is 70.0 g/mol. The van der Waals surface area contributed by atoms with Crippen molar-refractivity contribution < 1.29 is 9.90 Å². The minimum absolute atomic E-state index is 0. The summed E-state index contributed by atoms with van der Waals surface area (Å²) in [6.07, 6.45) is 0. The number of rotatable bonds is 0. The van der Waals surface area contributed by atoms with Crippen LogP contribution in [0.25, 0.3) is 0 Å². The second-order valence-corrected chi connectivity index (χ2v) is 0.519. The summed E-state index contributed by atoms with van der Waals surface area (Å²) in [7, 11) is 0. The Hall–Kier alpha value is -0.570. The maximum atomic E-state index is 9.00. The average Bonchev–Trinajstić information content (AvgIpc) is 0.811. The molecule has 3 nitrogen and oxygen atoms in total. The third-order valence-electron chi connectivity index (χ3n) is 0. The first-order valence-corrected chi connectivity index (χ1v) is 0.928. The highest BCUT2D eigenvalue weighted by Gasteiger charge is 1.65. The third-order valence-corrected chi connectivity index (χ3v) is 0. The fourth-order valence-electron chi connectivity index (χ4n) is 0. The average molecular weight is 74.1 g/mol. The van der Waals surface area contributed by atoms with Crippen LogP contribution in [0, 0.1) is 0 Å². The summed E-state index contributed by atoms with van der Waals surface area (Å²) < 4.78 is 0. The maximum Gasteiger partial charge on any atom is 0.300 e. The van der Waals surface area contributed by atoms with E-state index in [0.29, 0.717) is 0 Å². The van der Waals surface area contributed by atoms with Crippen molar-refractivity contribution in [2.45, 2.75) is 6.92 Å². The maximum absolute atomic E-state index is 9.00. The lowest BCUT2D eigenvalue weighted by atomic mass is 10.9. The topological polar surface area (TPSA) is 67.8 Å². The number of hydrogen-bond acceptors (Lipinski definition) is 1. The van der Waals surface area contributed by atoms with Crippen molar-refractivity contribution in [1.82, 2.24) is 6.15 Å². The van der Waals surface area contributed by atoms with Gasteiger partial charge in [0, 0.05) is 13.1 Å². The molecule has 0 aliphatic carbocycles. The Morgan fingerprint density at radius 1 is 1.80 bits per heavy atom. The Bertz CT molecular complexity index is 30.6. The van der Waals surface area contributed by atoms with E-state index in [9.17, 15) is 0 Å². The Balaban J connectivity index is 0. The summed E-state index contributed by atoms with van der Waals surface area (Å²) in [5, 5.41) is 7.42. The lowest BCUT2D eigenvalue weighted by Crippen LogP contribution is -1.78. The summed E-state index contributed by atoms with van der Waals surface area (Å²) in [5.74, 6) is -0.833. The molecular formula is C2H4NO2. The van der Waals surface area contributed by atoms with Crippen molar-refractivity contribution in [3.8, 4) is 0 Å². The fourth-order valence-corrected chi connectivity index (χ4v) is 0. The second kappa shape index (κ2) is 3.43. The van der Waals surface area contributed by atoms with Crippen LogP contribution in [0.1, 0.15) is 6.92 Å². The van der Waals surface area contributed by atoms with E-state index < -0.39 is 5.97 Å². The molecule has 29 valence electrons. The van der Waals surface area contributed by atoms with Gasteiger partial charge in [-0.3, -0.25) is 4.79 Å². The SMILES string of the molecule is CC(=O)O.[N]. The van der Waals surface area contributed by atoms with Crippen molar-refractivity contribution in [3.05, 3.63) is 0 Å². The number of carboxylic acid groups (broad SMARTS) is 1. The molecule has 3 heteroatoms. The molecule has 0 aromatic heterocycles. The summed E-state index contributed by atoms with van der Waals surface area (Å²) in [5.41, 5.74) is 0. The Kier molecular flexibility index (Phi) is 6.05. The van der Waals surface area contributed by atoms with Gasteiger partial charge in [-0.1, -0.05) is 0 Å². The number of hydrogen-bond donors (Lipinski definition) is 1. The standard InChI is InChI=1S/C2H4O2.N/c1-2(3)4;/h1H3,(H,3,4);. The molecule has 0 heterocycles. The van der Waals surface area contributed by atoms with Crippen LogP contribution in [0.15, 0.2) is 0 Å². The Morgan fingerprint density at radius 3 is 1.80 bits per heavy atom. The van der Waals surface area contributed by atoms with Gasteiger partial charge in [0.25, 0.3) is 5.97 Å². The van der Waals surface area contributed by atoms with Gasteiger partial charge >= 0.3 is 0 Å². The summed E-state index contributed by atoms with van der Waals surface area (Å²) in [4.78, 5) is 9.00. The fraction of sp³-hybridized carbons (Fsp3) is 0.500. The van der Waals surface area contributed by atoms with Gasteiger partial charge in [0.05, 0.1) is 0 Å². The van der Waals surface area contributed by atoms with Crippen LogP contribution in [-0.2, 0) is 4.79 Å². The number of aliphatic carboxylic acids is 1. The molecule has 0 saturated carbocycles. The molecule has 0 aromatic rings. The normalized spacial score (nSPS) is 5.00. The molecule has 1 N–H and O–H groups in total. The molecule has 0 atom stereocenters. The predicted molar refractivity (Wildman–Crippen MR) is 15.4 cm³/mol. The minimum Gasteiger partial charge on any atom is -0.481 e. The lowest BCUT2D eigenvalue weighted by molar-refractivity contribution is -0.134. The van der Waals surface area contributed by atoms with Crippen LogP contribution in [-0.4, -0.2) is 11.1 Å². The second-order valence-electron chi connectivity index (χ2n) is 0.519. The molecule has 0 fully saturated rings. The van der Waals surface area contributed by atoms with Crippen molar-refractivity contribution >= 4 is 5.97 Å². The van der Waals surface area contributed by atoms with Crippen LogP contribution in [0.3, 0.4) is 0 Å². The molecule has 0 aromatic carbocycles. The molecule has 0 unspecified atom stereocenters. The molecule has 3 radical (unpaired) electrons. The molecule has 0 saturated heterocycles. The Morgan fingerprint density at radius 2 is 1.80 bits per heavy atom. The van der Waals surface area contributed by atoms with Crippen LogP contribution >= 0.6 is 0 Å². The first-order valence-electron chi connectivity index (χ1n) is 0.928. The summed E-state index contributed by atoms with van der Waals surface area (Å²) in [6, 6.07) is 0. The van der Waals surface area contributed by atoms with Gasteiger partial charge in [0.1, 0.15) is 0 Å². The van der Waals surface area contributed by atoms with Gasteiger partial charge in [-0.15, -0.1) is 0 Å². The predicted octanol–water partition coefficient (Wildman–Crippen LogP) is -0.390. The molecule has 0 aliphatic heterocycles. The van der Waals surface area contributed by atoms with Crippen molar-refractivity contribution in [3.63, 3.8) is 0 Å². The van der Waals surface area contributed by atoms with Gasteiger partial charge in [0.15, 0.2) is 0 Å². The van der Waals surface area contributed by atoms with Crippen molar-refractivity contribution in [2.75, 3.05) is 0 Å². The van der Waals surface area contributed by atoms with E-state index in [2.05, 4.69) is 0 Å². The molecule has 0 spiro atoms. The zero-order valence-electron chi connectivity index (χ0n) is 2.80. The molecule has 0 bridgehead atoms. The summed E-state index contributed by atoms with van der Waals surface area (Å²) >= 11 is 0. The zero-order valence-corrected chi connectivity index (χ0v) is 2.80. The Labute approximate surface area is 30.2 Å². The van der Waals surface area contributed by atoms with Crippen LogP contribution in [0.5, 0.6) is 0 Å². The van der Waals surface area contributed by atoms with Crippen LogP contribution < -0.4 is 6.15 Å². The van der Waals surface area contributed by atoms with Crippen molar-refractivity contribution in [2.24, 2.45) is 0 Å². The highest BCUT2D eigenvalue weighted by molar-refractivity contribution is 5.62. The molecule has 0 rings (SSSR count). The van der Waals surface area contributed by atoms with E-state index in [0.717, 1.165) is 6.92 Å². The molecule has 0 amide bonds. The monoisotopic (exact) mass is 74.0 g/mol. The van der Waals surface area contributed by atoms with E-state index in [-0.39, 0.29) is 6.15 Å². The van der Waals surface area contributed by atoms with Gasteiger partial charge in [-0.2, -0.15) is 0 Å². The van der Waals surface area contributed by atoms with Gasteiger partial charge in [-0.25, -0.2) is 0 Å².